The third kappa shape index (κ3) is 2.97. The molecule has 104 valence electrons. The number of carbonyl (C=O) groups is 1. The lowest BCUT2D eigenvalue weighted by Crippen LogP contribution is -2.09. The van der Waals surface area contributed by atoms with E-state index in [1.54, 1.807) is 24.5 Å². The van der Waals surface area contributed by atoms with Crippen LogP contribution in [0, 0.1) is 0 Å². The minimum Gasteiger partial charge on any atom is -0.482 e. The molecule has 0 aliphatic carbocycles. The Balaban J connectivity index is 1.93. The second kappa shape index (κ2) is 5.58. The van der Waals surface area contributed by atoms with E-state index in [-0.39, 0.29) is 6.61 Å². The standard InChI is InChI=1S/C16H12N2O3/c19-15(20)10-21-14-5-4-11-8-13(3-2-12(11)9-14)16-17-6-1-7-18-16/h1-9H,10H2,(H,19,20). The van der Waals surface area contributed by atoms with Crippen molar-refractivity contribution < 1.29 is 14.6 Å². The summed E-state index contributed by atoms with van der Waals surface area (Å²) < 4.78 is 5.17. The molecular weight excluding hydrogens is 268 g/mol. The van der Waals surface area contributed by atoms with Crippen LogP contribution < -0.4 is 4.74 Å². The molecule has 0 atom stereocenters. The van der Waals surface area contributed by atoms with Crippen LogP contribution in [0.1, 0.15) is 0 Å². The molecule has 0 radical (unpaired) electrons. The Morgan fingerprint density at radius 1 is 1.05 bits per heavy atom. The van der Waals surface area contributed by atoms with Crippen LogP contribution in [0.25, 0.3) is 22.2 Å². The van der Waals surface area contributed by atoms with Crippen molar-refractivity contribution in [2.24, 2.45) is 0 Å². The Hall–Kier alpha value is -2.95. The first-order chi connectivity index (χ1) is 10.2. The second-order valence-corrected chi connectivity index (χ2v) is 4.48. The SMILES string of the molecule is O=C(O)COc1ccc2cc(-c3ncccn3)ccc2c1. The van der Waals surface area contributed by atoms with Crippen molar-refractivity contribution in [1.29, 1.82) is 0 Å². The Morgan fingerprint density at radius 3 is 2.52 bits per heavy atom. The van der Waals surface area contributed by atoms with Gasteiger partial charge in [-0.3, -0.25) is 0 Å². The van der Waals surface area contributed by atoms with Crippen molar-refractivity contribution in [2.45, 2.75) is 0 Å². The van der Waals surface area contributed by atoms with E-state index in [4.69, 9.17) is 9.84 Å². The van der Waals surface area contributed by atoms with Gasteiger partial charge in [0.25, 0.3) is 0 Å². The number of ether oxygens (including phenoxy) is 1. The van der Waals surface area contributed by atoms with Crippen molar-refractivity contribution in [3.8, 4) is 17.1 Å². The van der Waals surface area contributed by atoms with Gasteiger partial charge in [0.05, 0.1) is 0 Å². The monoisotopic (exact) mass is 280 g/mol. The topological polar surface area (TPSA) is 72.3 Å². The summed E-state index contributed by atoms with van der Waals surface area (Å²) in [7, 11) is 0. The minimum atomic E-state index is -0.994. The Labute approximate surface area is 120 Å². The van der Waals surface area contributed by atoms with E-state index >= 15 is 0 Å². The minimum absolute atomic E-state index is 0.346. The Kier molecular flexibility index (Phi) is 3.47. The van der Waals surface area contributed by atoms with Gasteiger partial charge >= 0.3 is 5.97 Å². The number of nitrogens with zero attached hydrogens (tertiary/aromatic N) is 2. The van der Waals surface area contributed by atoms with Crippen LogP contribution in [0.3, 0.4) is 0 Å². The zero-order chi connectivity index (χ0) is 14.7. The van der Waals surface area contributed by atoms with Crippen LogP contribution in [0.5, 0.6) is 5.75 Å². The molecular formula is C16H12N2O3. The van der Waals surface area contributed by atoms with Crippen molar-refractivity contribution in [1.82, 2.24) is 9.97 Å². The Bertz CT molecular complexity index is 788. The summed E-state index contributed by atoms with van der Waals surface area (Å²) in [5.74, 6) is 0.214. The molecule has 21 heavy (non-hydrogen) atoms. The molecule has 5 nitrogen and oxygen atoms in total. The van der Waals surface area contributed by atoms with Gasteiger partial charge in [-0.1, -0.05) is 18.2 Å². The van der Waals surface area contributed by atoms with E-state index in [2.05, 4.69) is 9.97 Å². The highest BCUT2D eigenvalue weighted by Crippen LogP contribution is 2.25. The number of rotatable bonds is 4. The number of hydrogen-bond acceptors (Lipinski definition) is 4. The molecule has 3 rings (SSSR count). The lowest BCUT2D eigenvalue weighted by molar-refractivity contribution is -0.139. The number of aliphatic carboxylic acids is 1. The van der Waals surface area contributed by atoms with Crippen molar-refractivity contribution in [2.75, 3.05) is 6.61 Å². The largest absolute Gasteiger partial charge is 0.482 e. The first-order valence-corrected chi connectivity index (χ1v) is 6.38. The number of carboxylic acids is 1. The van der Waals surface area contributed by atoms with E-state index in [1.807, 2.05) is 30.3 Å². The van der Waals surface area contributed by atoms with E-state index in [0.717, 1.165) is 16.3 Å². The lowest BCUT2D eigenvalue weighted by Gasteiger charge is -2.06. The number of aromatic nitrogens is 2. The fraction of sp³-hybridized carbons (Fsp3) is 0.0625. The number of carboxylic acid groups (broad SMARTS) is 1. The number of hydrogen-bond donors (Lipinski definition) is 1. The van der Waals surface area contributed by atoms with E-state index in [9.17, 15) is 4.79 Å². The summed E-state index contributed by atoms with van der Waals surface area (Å²) in [5.41, 5.74) is 0.933. The molecule has 0 aliphatic heterocycles. The molecule has 1 aromatic heterocycles. The summed E-state index contributed by atoms with van der Waals surface area (Å²) in [6.07, 6.45) is 3.41. The Morgan fingerprint density at radius 2 is 1.76 bits per heavy atom. The van der Waals surface area contributed by atoms with Crippen molar-refractivity contribution in [3.05, 3.63) is 54.9 Å². The predicted molar refractivity (Wildman–Crippen MR) is 78.1 cm³/mol. The van der Waals surface area contributed by atoms with E-state index < -0.39 is 5.97 Å². The summed E-state index contributed by atoms with van der Waals surface area (Å²) in [6.45, 7) is -0.346. The second-order valence-electron chi connectivity index (χ2n) is 4.48. The normalized spacial score (nSPS) is 10.5. The van der Waals surface area contributed by atoms with E-state index in [0.29, 0.717) is 11.6 Å². The smallest absolute Gasteiger partial charge is 0.341 e. The maximum Gasteiger partial charge on any atom is 0.341 e. The number of benzene rings is 2. The van der Waals surface area contributed by atoms with Crippen LogP contribution in [-0.2, 0) is 4.79 Å². The molecule has 0 saturated carbocycles. The average Bonchev–Trinajstić information content (AvgIpc) is 2.53. The lowest BCUT2D eigenvalue weighted by atomic mass is 10.1. The van der Waals surface area contributed by atoms with Gasteiger partial charge in [-0.05, 0) is 35.0 Å². The maximum absolute atomic E-state index is 10.5. The first-order valence-electron chi connectivity index (χ1n) is 6.38. The van der Waals surface area contributed by atoms with Crippen LogP contribution in [0.15, 0.2) is 54.9 Å². The van der Waals surface area contributed by atoms with Crippen LogP contribution >= 0.6 is 0 Å². The highest BCUT2D eigenvalue weighted by Gasteiger charge is 2.04. The molecule has 0 unspecified atom stereocenters. The summed E-state index contributed by atoms with van der Waals surface area (Å²) in [6, 6.07) is 13.1. The summed E-state index contributed by atoms with van der Waals surface area (Å²) >= 11 is 0. The molecule has 1 N–H and O–H groups in total. The van der Waals surface area contributed by atoms with Gasteiger partial charge in [-0.2, -0.15) is 0 Å². The average molecular weight is 280 g/mol. The van der Waals surface area contributed by atoms with Crippen LogP contribution in [-0.4, -0.2) is 27.7 Å². The fourth-order valence-electron chi connectivity index (χ4n) is 2.05. The van der Waals surface area contributed by atoms with Gasteiger partial charge in [0.2, 0.25) is 0 Å². The molecule has 5 heteroatoms. The summed E-state index contributed by atoms with van der Waals surface area (Å²) in [5, 5.41) is 10.6. The molecule has 3 aromatic rings. The third-order valence-electron chi connectivity index (χ3n) is 3.00. The van der Waals surface area contributed by atoms with Gasteiger partial charge in [-0.25, -0.2) is 14.8 Å². The molecule has 0 aliphatic rings. The van der Waals surface area contributed by atoms with Gasteiger partial charge in [-0.15, -0.1) is 0 Å². The molecule has 0 spiro atoms. The molecule has 1 heterocycles. The highest BCUT2D eigenvalue weighted by molar-refractivity contribution is 5.87. The fourth-order valence-corrected chi connectivity index (χ4v) is 2.05. The van der Waals surface area contributed by atoms with Gasteiger partial charge in [0, 0.05) is 18.0 Å². The maximum atomic E-state index is 10.5. The van der Waals surface area contributed by atoms with Gasteiger partial charge in [0.1, 0.15) is 5.75 Å². The zero-order valence-corrected chi connectivity index (χ0v) is 11.1. The predicted octanol–water partition coefficient (Wildman–Crippen LogP) is 2.76. The third-order valence-corrected chi connectivity index (χ3v) is 3.00. The molecule has 0 amide bonds. The van der Waals surface area contributed by atoms with Gasteiger partial charge in [0.15, 0.2) is 12.4 Å². The molecule has 0 fully saturated rings. The number of fused-ring (bicyclic) bond motifs is 1. The van der Waals surface area contributed by atoms with Crippen molar-refractivity contribution in [3.63, 3.8) is 0 Å². The quantitative estimate of drug-likeness (QED) is 0.795. The first kappa shape index (κ1) is 13.1. The molecule has 0 saturated heterocycles. The van der Waals surface area contributed by atoms with Crippen LogP contribution in [0.2, 0.25) is 0 Å². The van der Waals surface area contributed by atoms with Crippen molar-refractivity contribution >= 4 is 16.7 Å². The molecule has 0 bridgehead atoms. The van der Waals surface area contributed by atoms with E-state index in [1.165, 1.54) is 0 Å². The highest BCUT2D eigenvalue weighted by atomic mass is 16.5. The van der Waals surface area contributed by atoms with Gasteiger partial charge < -0.3 is 9.84 Å². The zero-order valence-electron chi connectivity index (χ0n) is 11.1. The summed E-state index contributed by atoms with van der Waals surface area (Å²) in [4.78, 5) is 18.9. The molecule has 2 aromatic carbocycles. The van der Waals surface area contributed by atoms with Crippen LogP contribution in [0.4, 0.5) is 0 Å².